The lowest BCUT2D eigenvalue weighted by molar-refractivity contribution is 0.121. The molecule has 2 aliphatic carbocycles. The molecule has 4 unspecified atom stereocenters. The van der Waals surface area contributed by atoms with Crippen molar-refractivity contribution >= 4 is 0 Å². The molecular formula is C16H21FO2. The van der Waals surface area contributed by atoms with E-state index in [-0.39, 0.29) is 5.75 Å². The number of halogens is 1. The third kappa shape index (κ3) is 2.36. The Balaban J connectivity index is 1.72. The number of aliphatic hydroxyl groups excluding tert-OH is 1. The first-order valence-corrected chi connectivity index (χ1v) is 7.19. The van der Waals surface area contributed by atoms with Crippen LogP contribution in [-0.4, -0.2) is 12.2 Å². The Bertz CT molecular complexity index is 460. The molecule has 2 nitrogen and oxygen atoms in total. The summed E-state index contributed by atoms with van der Waals surface area (Å²) in [4.78, 5) is 0. The highest BCUT2D eigenvalue weighted by Crippen LogP contribution is 2.51. The Hall–Kier alpha value is -1.09. The summed E-state index contributed by atoms with van der Waals surface area (Å²) < 4.78 is 19.1. The molecule has 2 aliphatic rings. The number of aliphatic hydroxyl groups is 1. The van der Waals surface area contributed by atoms with Crippen LogP contribution in [-0.2, 0) is 0 Å². The molecule has 1 aromatic carbocycles. The van der Waals surface area contributed by atoms with E-state index in [1.807, 2.05) is 0 Å². The summed E-state index contributed by atoms with van der Waals surface area (Å²) in [6.07, 6.45) is 5.16. The molecule has 0 aliphatic heterocycles. The number of benzene rings is 1. The summed E-state index contributed by atoms with van der Waals surface area (Å²) in [7, 11) is 1.45. The largest absolute Gasteiger partial charge is 0.494 e. The normalized spacial score (nSPS) is 30.6. The van der Waals surface area contributed by atoms with Crippen LogP contribution in [0.4, 0.5) is 4.39 Å². The molecule has 3 heteroatoms. The second-order valence-corrected chi connectivity index (χ2v) is 6.05. The van der Waals surface area contributed by atoms with Crippen LogP contribution in [0.15, 0.2) is 18.2 Å². The molecule has 0 saturated heterocycles. The zero-order valence-corrected chi connectivity index (χ0v) is 11.3. The zero-order chi connectivity index (χ0) is 13.4. The van der Waals surface area contributed by atoms with Crippen molar-refractivity contribution < 1.29 is 14.2 Å². The predicted octanol–water partition coefficient (Wildman–Crippen LogP) is 3.69. The standard InChI is InChI=1S/C16H21FO2/c1-19-15-4-2-3-13(16(15)17)14(18)9-12-8-10-5-6-11(12)7-10/h2-4,10-12,14,18H,5-9H2,1H3. The van der Waals surface area contributed by atoms with E-state index in [1.165, 1.54) is 32.8 Å². The van der Waals surface area contributed by atoms with Crippen LogP contribution >= 0.6 is 0 Å². The van der Waals surface area contributed by atoms with Crippen LogP contribution in [0.2, 0.25) is 0 Å². The fraction of sp³-hybridized carbons (Fsp3) is 0.625. The summed E-state index contributed by atoms with van der Waals surface area (Å²) in [5.74, 6) is 1.98. The van der Waals surface area contributed by atoms with Gasteiger partial charge in [0.05, 0.1) is 13.2 Å². The summed E-state index contributed by atoms with van der Waals surface area (Å²) in [5, 5.41) is 10.3. The number of hydrogen-bond donors (Lipinski definition) is 1. The van der Waals surface area contributed by atoms with Gasteiger partial charge in [0.25, 0.3) is 0 Å². The van der Waals surface area contributed by atoms with E-state index in [0.29, 0.717) is 17.9 Å². The molecule has 0 amide bonds. The Labute approximate surface area is 113 Å². The number of hydrogen-bond acceptors (Lipinski definition) is 2. The molecule has 1 aromatic rings. The van der Waals surface area contributed by atoms with Crippen LogP contribution in [0.25, 0.3) is 0 Å². The van der Waals surface area contributed by atoms with Crippen molar-refractivity contribution in [2.45, 2.75) is 38.2 Å². The van der Waals surface area contributed by atoms with Gasteiger partial charge in [0.2, 0.25) is 0 Å². The smallest absolute Gasteiger partial charge is 0.170 e. The molecule has 1 N–H and O–H groups in total. The maximum atomic E-state index is 14.1. The number of ether oxygens (including phenoxy) is 1. The lowest BCUT2D eigenvalue weighted by Gasteiger charge is -2.24. The molecule has 0 heterocycles. The lowest BCUT2D eigenvalue weighted by atomic mass is 9.83. The third-order valence-electron chi connectivity index (χ3n) is 4.98. The highest BCUT2D eigenvalue weighted by Gasteiger charge is 2.40. The quantitative estimate of drug-likeness (QED) is 0.898. The van der Waals surface area contributed by atoms with Gasteiger partial charge < -0.3 is 9.84 Å². The van der Waals surface area contributed by atoms with Gasteiger partial charge in [0.1, 0.15) is 0 Å². The molecular weight excluding hydrogens is 243 g/mol. The minimum Gasteiger partial charge on any atom is -0.494 e. The summed E-state index contributed by atoms with van der Waals surface area (Å²) in [6, 6.07) is 4.99. The first kappa shape index (κ1) is 12.9. The van der Waals surface area contributed by atoms with Gasteiger partial charge in [-0.3, -0.25) is 0 Å². The van der Waals surface area contributed by atoms with E-state index in [2.05, 4.69) is 0 Å². The lowest BCUT2D eigenvalue weighted by Crippen LogP contribution is -2.15. The van der Waals surface area contributed by atoms with Crippen molar-refractivity contribution in [2.24, 2.45) is 17.8 Å². The van der Waals surface area contributed by atoms with Crippen molar-refractivity contribution in [3.05, 3.63) is 29.6 Å². The van der Waals surface area contributed by atoms with Crippen molar-refractivity contribution in [1.82, 2.24) is 0 Å². The van der Waals surface area contributed by atoms with E-state index in [1.54, 1.807) is 18.2 Å². The first-order valence-electron chi connectivity index (χ1n) is 7.19. The Morgan fingerprint density at radius 1 is 1.37 bits per heavy atom. The van der Waals surface area contributed by atoms with Gasteiger partial charge in [-0.2, -0.15) is 0 Å². The molecule has 2 fully saturated rings. The van der Waals surface area contributed by atoms with Crippen molar-refractivity contribution in [3.8, 4) is 5.75 Å². The van der Waals surface area contributed by atoms with Crippen LogP contribution < -0.4 is 4.74 Å². The van der Waals surface area contributed by atoms with Crippen molar-refractivity contribution in [3.63, 3.8) is 0 Å². The molecule has 0 radical (unpaired) electrons. The Morgan fingerprint density at radius 2 is 2.21 bits per heavy atom. The minimum absolute atomic E-state index is 0.212. The molecule has 0 aromatic heterocycles. The highest BCUT2D eigenvalue weighted by atomic mass is 19.1. The first-order chi connectivity index (χ1) is 9.19. The van der Waals surface area contributed by atoms with Crippen molar-refractivity contribution in [2.75, 3.05) is 7.11 Å². The molecule has 2 bridgehead atoms. The molecule has 4 atom stereocenters. The number of rotatable bonds is 4. The van der Waals surface area contributed by atoms with Gasteiger partial charge >= 0.3 is 0 Å². The van der Waals surface area contributed by atoms with Crippen LogP contribution in [0.1, 0.15) is 43.8 Å². The van der Waals surface area contributed by atoms with E-state index >= 15 is 0 Å². The SMILES string of the molecule is COc1cccc(C(O)CC2CC3CCC2C3)c1F. The summed E-state index contributed by atoms with van der Waals surface area (Å²) in [6.45, 7) is 0. The average Bonchev–Trinajstić information content (AvgIpc) is 3.01. The second-order valence-electron chi connectivity index (χ2n) is 6.05. The third-order valence-corrected chi connectivity index (χ3v) is 4.98. The molecule has 19 heavy (non-hydrogen) atoms. The van der Waals surface area contributed by atoms with Gasteiger partial charge in [-0.05, 0) is 49.5 Å². The number of fused-ring (bicyclic) bond motifs is 2. The fourth-order valence-electron chi connectivity index (χ4n) is 4.02. The van der Waals surface area contributed by atoms with Gasteiger partial charge in [0.15, 0.2) is 11.6 Å². The van der Waals surface area contributed by atoms with Crippen LogP contribution in [0, 0.1) is 23.6 Å². The summed E-state index contributed by atoms with van der Waals surface area (Å²) in [5.41, 5.74) is 0.377. The topological polar surface area (TPSA) is 29.5 Å². The maximum absolute atomic E-state index is 14.1. The molecule has 3 rings (SSSR count). The van der Waals surface area contributed by atoms with Gasteiger partial charge in [-0.15, -0.1) is 0 Å². The van der Waals surface area contributed by atoms with E-state index in [4.69, 9.17) is 4.74 Å². The van der Waals surface area contributed by atoms with E-state index < -0.39 is 11.9 Å². The molecule has 2 saturated carbocycles. The van der Waals surface area contributed by atoms with E-state index in [0.717, 1.165) is 11.8 Å². The molecule has 0 spiro atoms. The predicted molar refractivity (Wildman–Crippen MR) is 71.5 cm³/mol. The second kappa shape index (κ2) is 5.12. The van der Waals surface area contributed by atoms with Crippen molar-refractivity contribution in [1.29, 1.82) is 0 Å². The van der Waals surface area contributed by atoms with Crippen LogP contribution in [0.5, 0.6) is 5.75 Å². The summed E-state index contributed by atoms with van der Waals surface area (Å²) >= 11 is 0. The highest BCUT2D eigenvalue weighted by molar-refractivity contribution is 5.32. The van der Waals surface area contributed by atoms with Gasteiger partial charge in [-0.25, -0.2) is 4.39 Å². The fourth-order valence-corrected chi connectivity index (χ4v) is 4.02. The monoisotopic (exact) mass is 264 g/mol. The average molecular weight is 264 g/mol. The molecule has 104 valence electrons. The minimum atomic E-state index is -0.709. The van der Waals surface area contributed by atoms with Crippen LogP contribution in [0.3, 0.4) is 0 Å². The maximum Gasteiger partial charge on any atom is 0.170 e. The van der Waals surface area contributed by atoms with Gasteiger partial charge in [0, 0.05) is 5.56 Å². The van der Waals surface area contributed by atoms with E-state index in [9.17, 15) is 9.50 Å². The Kier molecular flexibility index (Phi) is 3.48. The zero-order valence-electron chi connectivity index (χ0n) is 11.3. The number of methoxy groups -OCH3 is 1. The van der Waals surface area contributed by atoms with Gasteiger partial charge in [-0.1, -0.05) is 18.6 Å². The Morgan fingerprint density at radius 3 is 2.84 bits per heavy atom.